The van der Waals surface area contributed by atoms with Crippen LogP contribution in [0.15, 0.2) is 47.6 Å². The predicted octanol–water partition coefficient (Wildman–Crippen LogP) is 3.14. The minimum absolute atomic E-state index is 0.0669. The van der Waals surface area contributed by atoms with E-state index in [0.29, 0.717) is 5.92 Å². The van der Waals surface area contributed by atoms with Crippen molar-refractivity contribution in [3.8, 4) is 0 Å². The largest absolute Gasteiger partial charge is 0.458 e. The summed E-state index contributed by atoms with van der Waals surface area (Å²) in [4.78, 5) is 23.6. The molecule has 0 amide bonds. The second-order valence-corrected chi connectivity index (χ2v) is 7.47. The maximum Gasteiger partial charge on any atom is 0.303 e. The first-order valence-corrected chi connectivity index (χ1v) is 9.40. The van der Waals surface area contributed by atoms with Crippen molar-refractivity contribution in [2.24, 2.45) is 17.8 Å². The van der Waals surface area contributed by atoms with Gasteiger partial charge in [0, 0.05) is 12.5 Å². The predicted molar refractivity (Wildman–Crippen MR) is 106 cm³/mol. The zero-order valence-corrected chi connectivity index (χ0v) is 16.9. The van der Waals surface area contributed by atoms with Crippen molar-refractivity contribution in [3.63, 3.8) is 0 Å². The smallest absolute Gasteiger partial charge is 0.303 e. The van der Waals surface area contributed by atoms with Gasteiger partial charge in [0.1, 0.15) is 12.2 Å². The SMILES string of the molecule is CC(=O)O[C@H]1C=C(CO)C(=O)[C@H](O)[C@H]1/C(C)=C/C=C/[C@H](C)/C=C/CC(C)C. The highest BCUT2D eigenvalue weighted by Gasteiger charge is 2.40. The lowest BCUT2D eigenvalue weighted by Gasteiger charge is -2.33. The van der Waals surface area contributed by atoms with Gasteiger partial charge in [0.25, 0.3) is 0 Å². The first kappa shape index (κ1) is 23.1. The number of ketones is 1. The van der Waals surface area contributed by atoms with E-state index in [1.54, 1.807) is 6.92 Å². The molecule has 0 aliphatic heterocycles. The molecule has 0 saturated heterocycles. The average molecular weight is 376 g/mol. The fraction of sp³-hybridized carbons (Fsp3) is 0.545. The van der Waals surface area contributed by atoms with Crippen LogP contribution in [-0.4, -0.2) is 40.8 Å². The fourth-order valence-corrected chi connectivity index (χ4v) is 2.98. The van der Waals surface area contributed by atoms with E-state index < -0.39 is 36.5 Å². The molecule has 0 aromatic rings. The Hall–Kier alpha value is -1.98. The molecule has 0 saturated carbocycles. The van der Waals surface area contributed by atoms with Gasteiger partial charge in [-0.15, -0.1) is 0 Å². The molecule has 0 fully saturated rings. The van der Waals surface area contributed by atoms with E-state index in [1.807, 2.05) is 18.2 Å². The van der Waals surface area contributed by atoms with Crippen LogP contribution in [0.4, 0.5) is 0 Å². The molecule has 0 bridgehead atoms. The van der Waals surface area contributed by atoms with E-state index >= 15 is 0 Å². The molecule has 1 aliphatic rings. The van der Waals surface area contributed by atoms with E-state index in [4.69, 9.17) is 4.74 Å². The summed E-state index contributed by atoms with van der Waals surface area (Å²) in [5.41, 5.74) is 0.794. The van der Waals surface area contributed by atoms with Crippen LogP contribution >= 0.6 is 0 Å². The lowest BCUT2D eigenvalue weighted by atomic mass is 9.79. The molecule has 5 nitrogen and oxygen atoms in total. The molecule has 4 atom stereocenters. The number of aliphatic hydroxyl groups excluding tert-OH is 2. The topological polar surface area (TPSA) is 83.8 Å². The van der Waals surface area contributed by atoms with Gasteiger partial charge in [0.2, 0.25) is 0 Å². The number of hydrogen-bond donors (Lipinski definition) is 2. The molecular formula is C22H32O5. The summed E-state index contributed by atoms with van der Waals surface area (Å²) in [7, 11) is 0. The van der Waals surface area contributed by atoms with E-state index in [2.05, 4.69) is 32.9 Å². The lowest BCUT2D eigenvalue weighted by Crippen LogP contribution is -2.44. The Morgan fingerprint density at radius 1 is 1.26 bits per heavy atom. The van der Waals surface area contributed by atoms with Gasteiger partial charge in [-0.1, -0.05) is 56.7 Å². The normalized spacial score (nSPS) is 25.3. The van der Waals surface area contributed by atoms with Crippen LogP contribution in [-0.2, 0) is 14.3 Å². The second-order valence-electron chi connectivity index (χ2n) is 7.47. The molecule has 0 aromatic heterocycles. The molecule has 2 N–H and O–H groups in total. The standard InChI is InChI=1S/C22H32O5/c1-14(2)8-6-9-15(3)10-7-11-16(4)20-19(27-17(5)24)12-18(13-23)21(25)22(20)26/h6-7,9-12,14-15,19-20,22-23,26H,8,13H2,1-5H3/b9-6+,10-7+,16-11+/t15-,19+,20+,22-/m1/s1. The van der Waals surface area contributed by atoms with Crippen molar-refractivity contribution in [2.45, 2.75) is 53.2 Å². The zero-order valence-electron chi connectivity index (χ0n) is 16.9. The summed E-state index contributed by atoms with van der Waals surface area (Å²) in [6.07, 6.45) is 10.4. The first-order valence-electron chi connectivity index (χ1n) is 9.40. The van der Waals surface area contributed by atoms with Gasteiger partial charge in [0.05, 0.1) is 12.5 Å². The molecule has 5 heteroatoms. The van der Waals surface area contributed by atoms with Crippen molar-refractivity contribution >= 4 is 11.8 Å². The van der Waals surface area contributed by atoms with E-state index in [0.717, 1.165) is 12.0 Å². The summed E-state index contributed by atoms with van der Waals surface area (Å²) in [5.74, 6) is -0.830. The molecule has 0 radical (unpaired) electrons. The van der Waals surface area contributed by atoms with E-state index in [-0.39, 0.29) is 11.5 Å². The van der Waals surface area contributed by atoms with Crippen molar-refractivity contribution < 1.29 is 24.5 Å². The second kappa shape index (κ2) is 11.0. The van der Waals surface area contributed by atoms with Gasteiger partial charge in [-0.25, -0.2) is 0 Å². The highest BCUT2D eigenvalue weighted by Crippen LogP contribution is 2.30. The third-order valence-electron chi connectivity index (χ3n) is 4.46. The summed E-state index contributed by atoms with van der Waals surface area (Å²) in [5, 5.41) is 19.7. The summed E-state index contributed by atoms with van der Waals surface area (Å²) >= 11 is 0. The van der Waals surface area contributed by atoms with Gasteiger partial charge >= 0.3 is 5.97 Å². The number of esters is 1. The molecule has 150 valence electrons. The third kappa shape index (κ3) is 7.27. The lowest BCUT2D eigenvalue weighted by molar-refractivity contribution is -0.150. The van der Waals surface area contributed by atoms with E-state index in [1.165, 1.54) is 13.0 Å². The monoisotopic (exact) mass is 376 g/mol. The Balaban J connectivity index is 2.95. The quantitative estimate of drug-likeness (QED) is 0.386. The maximum atomic E-state index is 12.2. The Morgan fingerprint density at radius 3 is 2.48 bits per heavy atom. The van der Waals surface area contributed by atoms with Crippen LogP contribution < -0.4 is 0 Å². The highest BCUT2D eigenvalue weighted by atomic mass is 16.5. The van der Waals surface area contributed by atoms with Crippen LogP contribution in [0, 0.1) is 17.8 Å². The van der Waals surface area contributed by atoms with Crippen molar-refractivity contribution in [3.05, 3.63) is 47.6 Å². The number of allylic oxidation sites excluding steroid dienone is 5. The van der Waals surface area contributed by atoms with Crippen molar-refractivity contribution in [2.75, 3.05) is 6.61 Å². The number of carbonyl (C=O) groups is 2. The van der Waals surface area contributed by atoms with Crippen LogP contribution in [0.25, 0.3) is 0 Å². The zero-order chi connectivity index (χ0) is 20.6. The fourth-order valence-electron chi connectivity index (χ4n) is 2.98. The molecule has 0 heterocycles. The van der Waals surface area contributed by atoms with Crippen molar-refractivity contribution in [1.82, 2.24) is 0 Å². The Labute approximate surface area is 162 Å². The molecule has 27 heavy (non-hydrogen) atoms. The minimum atomic E-state index is -1.35. The average Bonchev–Trinajstić information content (AvgIpc) is 2.57. The van der Waals surface area contributed by atoms with Gasteiger partial charge in [-0.2, -0.15) is 0 Å². The Kier molecular flexibility index (Phi) is 9.39. The number of aliphatic hydroxyl groups is 2. The van der Waals surface area contributed by atoms with E-state index in [9.17, 15) is 19.8 Å². The van der Waals surface area contributed by atoms with Gasteiger partial charge < -0.3 is 14.9 Å². The highest BCUT2D eigenvalue weighted by molar-refractivity contribution is 6.00. The van der Waals surface area contributed by atoms with Gasteiger partial charge in [-0.05, 0) is 31.3 Å². The van der Waals surface area contributed by atoms with Crippen LogP contribution in [0.3, 0.4) is 0 Å². The summed E-state index contributed by atoms with van der Waals surface area (Å²) in [6.45, 7) is 8.99. The van der Waals surface area contributed by atoms with Crippen molar-refractivity contribution in [1.29, 1.82) is 0 Å². The number of hydrogen-bond acceptors (Lipinski definition) is 5. The number of Topliss-reactive ketones (excluding diaryl/α,β-unsaturated/α-hetero) is 1. The van der Waals surface area contributed by atoms with Gasteiger partial charge in [0.15, 0.2) is 5.78 Å². The maximum absolute atomic E-state index is 12.2. The molecule has 0 aromatic carbocycles. The molecular weight excluding hydrogens is 344 g/mol. The molecule has 0 spiro atoms. The van der Waals surface area contributed by atoms with Gasteiger partial charge in [-0.3, -0.25) is 9.59 Å². The molecule has 1 rings (SSSR count). The summed E-state index contributed by atoms with van der Waals surface area (Å²) < 4.78 is 5.26. The summed E-state index contributed by atoms with van der Waals surface area (Å²) in [6, 6.07) is 0. The third-order valence-corrected chi connectivity index (χ3v) is 4.46. The molecule has 1 aliphatic carbocycles. The number of ether oxygens (including phenoxy) is 1. The number of rotatable bonds is 8. The van der Waals surface area contributed by atoms with Crippen LogP contribution in [0.1, 0.15) is 41.0 Å². The Bertz CT molecular complexity index is 639. The number of carbonyl (C=O) groups excluding carboxylic acids is 2. The van der Waals surface area contributed by atoms with Crippen LogP contribution in [0.2, 0.25) is 0 Å². The Morgan fingerprint density at radius 2 is 1.93 bits per heavy atom. The first-order chi connectivity index (χ1) is 12.7. The van der Waals surface area contributed by atoms with Crippen LogP contribution in [0.5, 0.6) is 0 Å². The molecule has 0 unspecified atom stereocenters. The minimum Gasteiger partial charge on any atom is -0.458 e.